The van der Waals surface area contributed by atoms with E-state index in [0.717, 1.165) is 0 Å². The number of hydrogen-bond acceptors (Lipinski definition) is 4. The zero-order valence-electron chi connectivity index (χ0n) is 7.51. The fourth-order valence-electron chi connectivity index (χ4n) is 0.914. The highest BCUT2D eigenvalue weighted by Gasteiger charge is 2.10. The van der Waals surface area contributed by atoms with Crippen LogP contribution < -0.4 is 0 Å². The fraction of sp³-hybridized carbons (Fsp3) is 0.333. The van der Waals surface area contributed by atoms with E-state index in [4.69, 9.17) is 10.2 Å². The van der Waals surface area contributed by atoms with Gasteiger partial charge in [-0.3, -0.25) is 0 Å². The highest BCUT2D eigenvalue weighted by Crippen LogP contribution is 2.21. The number of carboxylic acids is 1. The maximum absolute atomic E-state index is 10.7. The Balaban J connectivity index is 2.69. The maximum atomic E-state index is 10.7. The summed E-state index contributed by atoms with van der Waals surface area (Å²) in [6.07, 6.45) is 2.11. The van der Waals surface area contributed by atoms with E-state index in [2.05, 4.69) is 4.98 Å². The molecule has 1 heterocycles. The SMILES string of the molecule is O=C(O)c1ncccc1SCCCO. The highest BCUT2D eigenvalue weighted by molar-refractivity contribution is 7.99. The molecule has 0 radical (unpaired) electrons. The summed E-state index contributed by atoms with van der Waals surface area (Å²) < 4.78 is 0. The highest BCUT2D eigenvalue weighted by atomic mass is 32.2. The van der Waals surface area contributed by atoms with Gasteiger partial charge in [0.1, 0.15) is 0 Å². The summed E-state index contributed by atoms with van der Waals surface area (Å²) in [6.45, 7) is 0.121. The number of carboxylic acid groups (broad SMARTS) is 1. The normalized spacial score (nSPS) is 10.1. The van der Waals surface area contributed by atoms with E-state index in [1.165, 1.54) is 18.0 Å². The lowest BCUT2D eigenvalue weighted by atomic mass is 10.3. The second-order valence-electron chi connectivity index (χ2n) is 2.58. The number of nitrogens with zero attached hydrogens (tertiary/aromatic N) is 1. The zero-order chi connectivity index (χ0) is 10.4. The van der Waals surface area contributed by atoms with E-state index >= 15 is 0 Å². The molecule has 14 heavy (non-hydrogen) atoms. The summed E-state index contributed by atoms with van der Waals surface area (Å²) in [7, 11) is 0. The van der Waals surface area contributed by atoms with Crippen LogP contribution in [-0.4, -0.2) is 33.5 Å². The first kappa shape index (κ1) is 11.0. The van der Waals surface area contributed by atoms with Gasteiger partial charge in [-0.1, -0.05) is 0 Å². The molecule has 0 aliphatic rings. The summed E-state index contributed by atoms with van der Waals surface area (Å²) in [5.74, 6) is -0.320. The predicted molar refractivity (Wildman–Crippen MR) is 53.6 cm³/mol. The number of thioether (sulfide) groups is 1. The molecule has 0 atom stereocenters. The van der Waals surface area contributed by atoms with Crippen molar-refractivity contribution in [2.45, 2.75) is 11.3 Å². The first-order valence-electron chi connectivity index (χ1n) is 4.17. The van der Waals surface area contributed by atoms with Crippen molar-refractivity contribution in [2.75, 3.05) is 12.4 Å². The van der Waals surface area contributed by atoms with Gasteiger partial charge in [0.15, 0.2) is 5.69 Å². The Kier molecular flexibility index (Phi) is 4.42. The van der Waals surface area contributed by atoms with Gasteiger partial charge in [0.25, 0.3) is 0 Å². The number of aromatic nitrogens is 1. The van der Waals surface area contributed by atoms with E-state index in [-0.39, 0.29) is 12.3 Å². The Morgan fingerprint density at radius 2 is 2.36 bits per heavy atom. The number of pyridine rings is 1. The fourth-order valence-corrected chi connectivity index (χ4v) is 1.86. The van der Waals surface area contributed by atoms with Crippen molar-refractivity contribution >= 4 is 17.7 Å². The monoisotopic (exact) mass is 213 g/mol. The number of aromatic carboxylic acids is 1. The van der Waals surface area contributed by atoms with Gasteiger partial charge < -0.3 is 10.2 Å². The number of aliphatic hydroxyl groups is 1. The van der Waals surface area contributed by atoms with Crippen LogP contribution in [0.3, 0.4) is 0 Å². The molecular formula is C9H11NO3S. The van der Waals surface area contributed by atoms with Gasteiger partial charge in [-0.2, -0.15) is 0 Å². The summed E-state index contributed by atoms with van der Waals surface area (Å²) in [4.78, 5) is 15.2. The largest absolute Gasteiger partial charge is 0.476 e. The predicted octanol–water partition coefficient (Wildman–Crippen LogP) is 1.25. The zero-order valence-corrected chi connectivity index (χ0v) is 8.33. The molecule has 1 aromatic rings. The molecule has 0 fully saturated rings. The van der Waals surface area contributed by atoms with E-state index in [0.29, 0.717) is 17.1 Å². The minimum atomic E-state index is -1.02. The van der Waals surface area contributed by atoms with Crippen LogP contribution in [0.4, 0.5) is 0 Å². The van der Waals surface area contributed by atoms with Crippen molar-refractivity contribution < 1.29 is 15.0 Å². The van der Waals surface area contributed by atoms with Crippen molar-refractivity contribution in [3.05, 3.63) is 24.0 Å². The van der Waals surface area contributed by atoms with Crippen LogP contribution >= 0.6 is 11.8 Å². The van der Waals surface area contributed by atoms with Crippen LogP contribution in [0, 0.1) is 0 Å². The first-order valence-corrected chi connectivity index (χ1v) is 5.16. The minimum absolute atomic E-state index is 0.0791. The van der Waals surface area contributed by atoms with Crippen LogP contribution in [0.2, 0.25) is 0 Å². The Morgan fingerprint density at radius 3 is 3.00 bits per heavy atom. The molecule has 0 aromatic carbocycles. The Morgan fingerprint density at radius 1 is 1.57 bits per heavy atom. The average molecular weight is 213 g/mol. The molecule has 0 saturated heterocycles. The van der Waals surface area contributed by atoms with Gasteiger partial charge in [-0.15, -0.1) is 11.8 Å². The lowest BCUT2D eigenvalue weighted by Gasteiger charge is -2.02. The van der Waals surface area contributed by atoms with Crippen LogP contribution in [0.25, 0.3) is 0 Å². The van der Waals surface area contributed by atoms with Crippen LogP contribution in [0.15, 0.2) is 23.2 Å². The van der Waals surface area contributed by atoms with Gasteiger partial charge in [-0.05, 0) is 18.6 Å². The lowest BCUT2D eigenvalue weighted by Crippen LogP contribution is -2.02. The smallest absolute Gasteiger partial charge is 0.355 e. The van der Waals surface area contributed by atoms with Crippen LogP contribution in [0.1, 0.15) is 16.9 Å². The third-order valence-corrected chi connectivity index (χ3v) is 2.67. The summed E-state index contributed by atoms with van der Waals surface area (Å²) in [5.41, 5.74) is 0.0791. The molecule has 1 aromatic heterocycles. The third kappa shape index (κ3) is 3.01. The average Bonchev–Trinajstić information content (AvgIpc) is 2.19. The van der Waals surface area contributed by atoms with Gasteiger partial charge >= 0.3 is 5.97 Å². The van der Waals surface area contributed by atoms with E-state index in [1.807, 2.05) is 0 Å². The molecule has 0 amide bonds. The van der Waals surface area contributed by atoms with Gasteiger partial charge in [0.2, 0.25) is 0 Å². The molecule has 0 aliphatic carbocycles. The molecule has 4 nitrogen and oxygen atoms in total. The Labute approximate surface area is 86.0 Å². The van der Waals surface area contributed by atoms with E-state index < -0.39 is 5.97 Å². The Bertz CT molecular complexity index is 317. The molecule has 0 bridgehead atoms. The molecule has 1 rings (SSSR count). The molecular weight excluding hydrogens is 202 g/mol. The topological polar surface area (TPSA) is 70.4 Å². The summed E-state index contributed by atoms with van der Waals surface area (Å²) >= 11 is 1.40. The summed E-state index contributed by atoms with van der Waals surface area (Å²) in [6, 6.07) is 3.42. The van der Waals surface area contributed by atoms with Crippen molar-refractivity contribution in [3.8, 4) is 0 Å². The summed E-state index contributed by atoms with van der Waals surface area (Å²) in [5, 5.41) is 17.4. The number of aliphatic hydroxyl groups excluding tert-OH is 1. The second kappa shape index (κ2) is 5.62. The standard InChI is InChI=1S/C9H11NO3S/c11-5-2-6-14-7-3-1-4-10-8(7)9(12)13/h1,3-4,11H,2,5-6H2,(H,12,13). The quantitative estimate of drug-likeness (QED) is 0.569. The van der Waals surface area contributed by atoms with Crippen molar-refractivity contribution in [3.63, 3.8) is 0 Å². The van der Waals surface area contributed by atoms with Crippen LogP contribution in [0.5, 0.6) is 0 Å². The molecule has 0 unspecified atom stereocenters. The first-order chi connectivity index (χ1) is 6.75. The molecule has 0 spiro atoms. The third-order valence-electron chi connectivity index (χ3n) is 1.53. The van der Waals surface area contributed by atoms with Crippen molar-refractivity contribution in [2.24, 2.45) is 0 Å². The van der Waals surface area contributed by atoms with E-state index in [1.54, 1.807) is 12.1 Å². The maximum Gasteiger partial charge on any atom is 0.355 e. The second-order valence-corrected chi connectivity index (χ2v) is 3.72. The van der Waals surface area contributed by atoms with E-state index in [9.17, 15) is 4.79 Å². The number of hydrogen-bond donors (Lipinski definition) is 2. The number of rotatable bonds is 5. The van der Waals surface area contributed by atoms with Gasteiger partial charge in [-0.25, -0.2) is 9.78 Å². The van der Waals surface area contributed by atoms with Crippen LogP contribution in [-0.2, 0) is 0 Å². The molecule has 5 heteroatoms. The number of carbonyl (C=O) groups is 1. The van der Waals surface area contributed by atoms with Crippen molar-refractivity contribution in [1.82, 2.24) is 4.98 Å². The minimum Gasteiger partial charge on any atom is -0.476 e. The Hall–Kier alpha value is -1.07. The lowest BCUT2D eigenvalue weighted by molar-refractivity contribution is 0.0686. The molecule has 76 valence electrons. The molecule has 2 N–H and O–H groups in total. The van der Waals surface area contributed by atoms with Gasteiger partial charge in [0, 0.05) is 23.5 Å². The van der Waals surface area contributed by atoms with Crippen molar-refractivity contribution in [1.29, 1.82) is 0 Å². The van der Waals surface area contributed by atoms with Gasteiger partial charge in [0.05, 0.1) is 0 Å². The molecule has 0 saturated carbocycles. The molecule has 0 aliphatic heterocycles.